The minimum Gasteiger partial charge on any atom is -0.497 e. The normalized spacial score (nSPS) is 23.3. The van der Waals surface area contributed by atoms with Crippen LogP contribution in [0.2, 0.25) is 18.6 Å². The largest absolute Gasteiger partial charge is 0.497 e. The van der Waals surface area contributed by atoms with E-state index in [4.69, 9.17) is 14.2 Å². The van der Waals surface area contributed by atoms with Gasteiger partial charge in [0.15, 0.2) is 13.9 Å². The zero-order chi connectivity index (χ0) is 30.2. The lowest BCUT2D eigenvalue weighted by molar-refractivity contribution is -0.146. The average molecular weight is 591 g/mol. The molecule has 3 aromatic carbocycles. The number of hydrogen-bond acceptors (Lipinski definition) is 7. The van der Waals surface area contributed by atoms with E-state index in [1.54, 1.807) is 43.4 Å². The van der Waals surface area contributed by atoms with Crippen LogP contribution in [-0.4, -0.2) is 57.0 Å². The van der Waals surface area contributed by atoms with Crippen molar-refractivity contribution in [3.8, 4) is 11.5 Å². The highest BCUT2D eigenvalue weighted by Gasteiger charge is 2.66. The molecule has 1 spiro atoms. The van der Waals surface area contributed by atoms with Crippen LogP contribution >= 0.6 is 0 Å². The fourth-order valence-corrected chi connectivity index (χ4v) is 9.16. The van der Waals surface area contributed by atoms with Crippen LogP contribution in [0.15, 0.2) is 66.7 Å². The monoisotopic (exact) mass is 590 g/mol. The highest BCUT2D eigenvalue weighted by molar-refractivity contribution is 6.71. The van der Waals surface area contributed by atoms with E-state index in [0.29, 0.717) is 34.7 Å². The molecular formula is C32H38N2O7Si. The number of fused-ring (bicyclic) bond motifs is 2. The minimum absolute atomic E-state index is 0.0985. The number of nitrogens with zero attached hydrogens (tertiary/aromatic N) is 1. The van der Waals surface area contributed by atoms with Gasteiger partial charge in [0.05, 0.1) is 32.6 Å². The van der Waals surface area contributed by atoms with Gasteiger partial charge < -0.3 is 34.3 Å². The summed E-state index contributed by atoms with van der Waals surface area (Å²) >= 11 is 0. The molecule has 0 radical (unpaired) electrons. The Balaban J connectivity index is 1.42. The van der Waals surface area contributed by atoms with Gasteiger partial charge in [-0.2, -0.15) is 0 Å². The number of hydrogen-bond donors (Lipinski definition) is 3. The predicted molar refractivity (Wildman–Crippen MR) is 162 cm³/mol. The topological polar surface area (TPSA) is 118 Å². The number of rotatable bonds is 9. The van der Waals surface area contributed by atoms with Gasteiger partial charge in [0, 0.05) is 34.9 Å². The second kappa shape index (κ2) is 11.5. The van der Waals surface area contributed by atoms with Crippen LogP contribution in [-0.2, 0) is 21.7 Å². The van der Waals surface area contributed by atoms with Gasteiger partial charge in [-0.25, -0.2) is 0 Å². The van der Waals surface area contributed by atoms with E-state index in [9.17, 15) is 19.5 Å². The van der Waals surface area contributed by atoms with E-state index in [0.717, 1.165) is 11.3 Å². The highest BCUT2D eigenvalue weighted by Crippen LogP contribution is 2.60. The molecule has 222 valence electrons. The van der Waals surface area contributed by atoms with Gasteiger partial charge in [-0.05, 0) is 79.7 Å². The van der Waals surface area contributed by atoms with E-state index >= 15 is 0 Å². The summed E-state index contributed by atoms with van der Waals surface area (Å²) in [6, 6.07) is 19.8. The van der Waals surface area contributed by atoms with Crippen molar-refractivity contribution >= 4 is 31.5 Å². The number of nitrogens with one attached hydrogen (secondary N) is 1. The van der Waals surface area contributed by atoms with Crippen molar-refractivity contribution in [3.63, 3.8) is 0 Å². The minimum atomic E-state index is -2.78. The molecule has 0 unspecified atom stereocenters. The molecule has 10 heteroatoms. The van der Waals surface area contributed by atoms with Crippen molar-refractivity contribution in [3.05, 3.63) is 83.4 Å². The lowest BCUT2D eigenvalue weighted by Crippen LogP contribution is -2.46. The van der Waals surface area contributed by atoms with Crippen LogP contribution in [0.25, 0.3) is 0 Å². The van der Waals surface area contributed by atoms with E-state index < -0.39 is 20.0 Å². The standard InChI is InChI=1S/C32H38N2O7Si/c1-20-29(42(4,5)38)28(16-17-35)41-32(20)26-18-25(40-3)14-15-27(26)34(31(32)37)19-21-6-10-23(11-7-21)33-30(36)22-8-12-24(39-2)13-9-22/h6-15,18,20,28-29,35,38H,16-17,19H2,1-5H3,(H,33,36)/t20-,28+,29-,32+/m1/s1. The Bertz CT molecular complexity index is 1460. The van der Waals surface area contributed by atoms with Gasteiger partial charge >= 0.3 is 0 Å². The van der Waals surface area contributed by atoms with Crippen molar-refractivity contribution in [2.75, 3.05) is 31.0 Å². The fourth-order valence-electron chi connectivity index (χ4n) is 6.56. The first-order chi connectivity index (χ1) is 20.0. The predicted octanol–water partition coefficient (Wildman–Crippen LogP) is 4.68. The van der Waals surface area contributed by atoms with Crippen molar-refractivity contribution in [1.82, 2.24) is 0 Å². The molecule has 1 fully saturated rings. The Morgan fingerprint density at radius 2 is 1.67 bits per heavy atom. The maximum atomic E-state index is 14.4. The molecule has 0 aromatic heterocycles. The molecule has 3 N–H and O–H groups in total. The average Bonchev–Trinajstić information content (AvgIpc) is 3.40. The van der Waals surface area contributed by atoms with Crippen molar-refractivity contribution in [2.45, 2.75) is 50.2 Å². The van der Waals surface area contributed by atoms with Crippen LogP contribution in [0, 0.1) is 5.92 Å². The van der Waals surface area contributed by atoms with Gasteiger partial charge in [-0.3, -0.25) is 9.59 Å². The second-order valence-electron chi connectivity index (χ2n) is 11.5. The fraction of sp³-hybridized carbons (Fsp3) is 0.375. The number of carbonyl (C=O) groups excluding carboxylic acids is 2. The number of methoxy groups -OCH3 is 2. The summed E-state index contributed by atoms with van der Waals surface area (Å²) in [6.07, 6.45) is -0.113. The van der Waals surface area contributed by atoms with Crippen molar-refractivity contribution < 1.29 is 33.7 Å². The third kappa shape index (κ3) is 5.20. The van der Waals surface area contributed by atoms with E-state index in [1.807, 2.05) is 62.5 Å². The molecule has 2 amide bonds. The van der Waals surface area contributed by atoms with E-state index in [1.165, 1.54) is 0 Å². The number of aliphatic hydroxyl groups excluding tert-OH is 1. The van der Waals surface area contributed by atoms with Crippen molar-refractivity contribution in [2.24, 2.45) is 5.92 Å². The third-order valence-corrected chi connectivity index (χ3v) is 11.0. The van der Waals surface area contributed by atoms with E-state index in [2.05, 4.69) is 5.32 Å². The Morgan fingerprint density at radius 3 is 2.26 bits per heavy atom. The van der Waals surface area contributed by atoms with Gasteiger partial charge in [-0.15, -0.1) is 0 Å². The molecule has 9 nitrogen and oxygen atoms in total. The summed E-state index contributed by atoms with van der Waals surface area (Å²) in [4.78, 5) is 40.1. The lowest BCUT2D eigenvalue weighted by Gasteiger charge is -2.32. The maximum Gasteiger partial charge on any atom is 0.264 e. The maximum absolute atomic E-state index is 14.4. The molecule has 0 aliphatic carbocycles. The summed E-state index contributed by atoms with van der Waals surface area (Å²) < 4.78 is 17.3. The molecule has 1 saturated heterocycles. The van der Waals surface area contributed by atoms with Crippen LogP contribution in [0.4, 0.5) is 11.4 Å². The van der Waals surface area contributed by atoms with Crippen LogP contribution < -0.4 is 19.7 Å². The molecular weight excluding hydrogens is 552 g/mol. The SMILES string of the molecule is COc1ccc(C(=O)Nc2ccc(CN3C(=O)[C@@]4(O[C@@H](CCO)[C@H]([Si](C)(C)O)[C@H]4C)c4cc(OC)ccc43)cc2)cc1. The Labute approximate surface area is 247 Å². The third-order valence-electron chi connectivity index (χ3n) is 8.51. The molecule has 3 aromatic rings. The zero-order valence-corrected chi connectivity index (χ0v) is 25.6. The molecule has 4 atom stereocenters. The Morgan fingerprint density at radius 1 is 1.02 bits per heavy atom. The molecule has 2 heterocycles. The highest BCUT2D eigenvalue weighted by atomic mass is 28.4. The molecule has 5 rings (SSSR count). The molecule has 2 aliphatic rings. The van der Waals surface area contributed by atoms with Crippen LogP contribution in [0.3, 0.4) is 0 Å². The molecule has 42 heavy (non-hydrogen) atoms. The van der Waals surface area contributed by atoms with Gasteiger partial charge in [0.1, 0.15) is 11.5 Å². The lowest BCUT2D eigenvalue weighted by atomic mass is 9.82. The number of benzene rings is 3. The summed E-state index contributed by atoms with van der Waals surface area (Å²) in [5.74, 6) is 0.532. The first-order valence-corrected chi connectivity index (χ1v) is 17.1. The zero-order valence-electron chi connectivity index (χ0n) is 24.6. The summed E-state index contributed by atoms with van der Waals surface area (Å²) in [5, 5.41) is 12.7. The number of ether oxygens (including phenoxy) is 3. The smallest absolute Gasteiger partial charge is 0.264 e. The Hall–Kier alpha value is -3.70. The summed E-state index contributed by atoms with van der Waals surface area (Å²) in [5.41, 5.74) is 1.91. The van der Waals surface area contributed by atoms with Crippen molar-refractivity contribution in [1.29, 1.82) is 0 Å². The van der Waals surface area contributed by atoms with E-state index in [-0.39, 0.29) is 36.4 Å². The quantitative estimate of drug-likeness (QED) is 0.310. The molecule has 0 saturated carbocycles. The van der Waals surface area contributed by atoms with Gasteiger partial charge in [0.2, 0.25) is 0 Å². The number of aliphatic hydroxyl groups is 1. The summed E-state index contributed by atoms with van der Waals surface area (Å²) in [6.45, 7) is 5.88. The molecule has 2 aliphatic heterocycles. The first kappa shape index (κ1) is 29.8. The summed E-state index contributed by atoms with van der Waals surface area (Å²) in [7, 11) is 0.378. The second-order valence-corrected chi connectivity index (χ2v) is 15.5. The van der Waals surface area contributed by atoms with Crippen LogP contribution in [0.1, 0.15) is 34.8 Å². The van der Waals surface area contributed by atoms with Gasteiger partial charge in [0.25, 0.3) is 11.8 Å². The number of amides is 2. The number of carbonyl (C=O) groups is 2. The van der Waals surface area contributed by atoms with Gasteiger partial charge in [-0.1, -0.05) is 19.1 Å². The first-order valence-electron chi connectivity index (χ1n) is 14.1. The number of anilines is 2. The Kier molecular flexibility index (Phi) is 8.17. The van der Waals surface area contributed by atoms with Crippen LogP contribution in [0.5, 0.6) is 11.5 Å². The molecule has 0 bridgehead atoms.